The maximum atomic E-state index is 13.6. The minimum atomic E-state index is -4.55. The minimum Gasteiger partial charge on any atom is -0.326 e. The second-order valence-corrected chi connectivity index (χ2v) is 3.84. The van der Waals surface area contributed by atoms with E-state index in [1.807, 2.05) is 0 Å². The number of rotatable bonds is 2. The third-order valence-corrected chi connectivity index (χ3v) is 2.53. The van der Waals surface area contributed by atoms with Crippen LogP contribution in [0.25, 0.3) is 0 Å². The molecule has 0 amide bonds. The van der Waals surface area contributed by atoms with Crippen LogP contribution in [0.1, 0.15) is 35.7 Å². The maximum Gasteiger partial charge on any atom is 0.433 e. The molecule has 2 rings (SSSR count). The van der Waals surface area contributed by atoms with Crippen LogP contribution < -0.4 is 5.73 Å². The van der Waals surface area contributed by atoms with E-state index in [-0.39, 0.29) is 23.7 Å². The molecule has 0 spiro atoms. The van der Waals surface area contributed by atoms with Gasteiger partial charge in [0.05, 0.1) is 5.69 Å². The lowest BCUT2D eigenvalue weighted by Crippen LogP contribution is -2.14. The molecule has 0 unspecified atom stereocenters. The average Bonchev–Trinajstić information content (AvgIpc) is 3.00. The fourth-order valence-electron chi connectivity index (χ4n) is 1.53. The Morgan fingerprint density at radius 1 is 1.38 bits per heavy atom. The monoisotopic (exact) mass is 234 g/mol. The molecule has 1 aliphatic rings. The Kier molecular flexibility index (Phi) is 2.61. The van der Waals surface area contributed by atoms with Crippen LogP contribution in [0, 0.1) is 5.82 Å². The molecule has 1 aliphatic carbocycles. The molecule has 1 aromatic heterocycles. The van der Waals surface area contributed by atoms with E-state index in [0.717, 1.165) is 0 Å². The van der Waals surface area contributed by atoms with Gasteiger partial charge >= 0.3 is 6.18 Å². The van der Waals surface area contributed by atoms with Crippen molar-refractivity contribution in [2.45, 2.75) is 31.5 Å². The zero-order chi connectivity index (χ0) is 11.9. The summed E-state index contributed by atoms with van der Waals surface area (Å²) in [7, 11) is 0. The first-order valence-corrected chi connectivity index (χ1v) is 4.90. The number of alkyl halides is 3. The molecule has 16 heavy (non-hydrogen) atoms. The van der Waals surface area contributed by atoms with E-state index in [1.165, 1.54) is 0 Å². The van der Waals surface area contributed by atoms with Gasteiger partial charge in [0, 0.05) is 18.0 Å². The highest BCUT2D eigenvalue weighted by atomic mass is 19.4. The molecule has 1 aromatic rings. The summed E-state index contributed by atoms with van der Waals surface area (Å²) in [6, 6.07) is 0.682. The number of hydrogen-bond donors (Lipinski definition) is 1. The predicted octanol–water partition coefficient (Wildman–Crippen LogP) is 2.58. The lowest BCUT2D eigenvalue weighted by molar-refractivity contribution is -0.141. The van der Waals surface area contributed by atoms with Gasteiger partial charge in [0.25, 0.3) is 0 Å². The molecular weight excluding hydrogens is 224 g/mol. The third-order valence-electron chi connectivity index (χ3n) is 2.53. The van der Waals surface area contributed by atoms with Crippen molar-refractivity contribution in [1.82, 2.24) is 4.98 Å². The first-order valence-electron chi connectivity index (χ1n) is 4.90. The Hall–Kier alpha value is -1.17. The highest BCUT2D eigenvalue weighted by molar-refractivity contribution is 5.29. The van der Waals surface area contributed by atoms with E-state index in [2.05, 4.69) is 4.98 Å². The Bertz CT molecular complexity index is 410. The summed E-state index contributed by atoms with van der Waals surface area (Å²) in [4.78, 5) is 3.36. The van der Waals surface area contributed by atoms with Gasteiger partial charge in [-0.1, -0.05) is 0 Å². The first kappa shape index (κ1) is 11.3. The Morgan fingerprint density at radius 2 is 2.00 bits per heavy atom. The second kappa shape index (κ2) is 3.69. The molecule has 2 nitrogen and oxygen atoms in total. The Morgan fingerprint density at radius 3 is 2.44 bits per heavy atom. The molecule has 0 saturated heterocycles. The van der Waals surface area contributed by atoms with Gasteiger partial charge in [0.15, 0.2) is 0 Å². The molecule has 6 heteroatoms. The van der Waals surface area contributed by atoms with Crippen molar-refractivity contribution in [2.75, 3.05) is 0 Å². The molecule has 0 aromatic carbocycles. The zero-order valence-corrected chi connectivity index (χ0v) is 8.31. The summed E-state index contributed by atoms with van der Waals surface area (Å²) >= 11 is 0. The quantitative estimate of drug-likeness (QED) is 0.799. The summed E-state index contributed by atoms with van der Waals surface area (Å²) in [6.07, 6.45) is -3.17. The van der Waals surface area contributed by atoms with E-state index in [9.17, 15) is 17.6 Å². The lowest BCUT2D eigenvalue weighted by atomic mass is 10.1. The number of aromatic nitrogens is 1. The fraction of sp³-hybridized carbons (Fsp3) is 0.500. The Balaban J connectivity index is 2.52. The van der Waals surface area contributed by atoms with E-state index in [4.69, 9.17) is 5.73 Å². The molecule has 0 aliphatic heterocycles. The van der Waals surface area contributed by atoms with E-state index >= 15 is 0 Å². The summed E-state index contributed by atoms with van der Waals surface area (Å²) in [5.74, 6) is -0.856. The van der Waals surface area contributed by atoms with E-state index in [0.29, 0.717) is 18.9 Å². The van der Waals surface area contributed by atoms with Crippen molar-refractivity contribution in [3.05, 3.63) is 28.8 Å². The van der Waals surface area contributed by atoms with Gasteiger partial charge in [-0.2, -0.15) is 13.2 Å². The smallest absolute Gasteiger partial charge is 0.326 e. The summed E-state index contributed by atoms with van der Waals surface area (Å²) < 4.78 is 51.0. The summed E-state index contributed by atoms with van der Waals surface area (Å²) in [5, 5.41) is 0. The van der Waals surface area contributed by atoms with Gasteiger partial charge in [-0.05, 0) is 18.9 Å². The van der Waals surface area contributed by atoms with Crippen molar-refractivity contribution in [3.8, 4) is 0 Å². The van der Waals surface area contributed by atoms with Crippen LogP contribution in [0.4, 0.5) is 17.6 Å². The molecular formula is C10H10F4N2. The van der Waals surface area contributed by atoms with Crippen LogP contribution >= 0.6 is 0 Å². The zero-order valence-electron chi connectivity index (χ0n) is 8.31. The van der Waals surface area contributed by atoms with Gasteiger partial charge < -0.3 is 5.73 Å². The van der Waals surface area contributed by atoms with Crippen LogP contribution in [0.3, 0.4) is 0 Å². The largest absolute Gasteiger partial charge is 0.433 e. The predicted molar refractivity (Wildman–Crippen MR) is 49.1 cm³/mol. The fourth-order valence-corrected chi connectivity index (χ4v) is 1.53. The number of nitrogens with two attached hydrogens (primary N) is 1. The summed E-state index contributed by atoms with van der Waals surface area (Å²) in [5.41, 5.74) is 3.95. The highest BCUT2D eigenvalue weighted by Gasteiger charge is 2.37. The van der Waals surface area contributed by atoms with Crippen LogP contribution in [-0.4, -0.2) is 4.98 Å². The van der Waals surface area contributed by atoms with Gasteiger partial charge in [-0.15, -0.1) is 0 Å². The van der Waals surface area contributed by atoms with Crippen LogP contribution in [0.2, 0.25) is 0 Å². The topological polar surface area (TPSA) is 38.9 Å². The maximum absolute atomic E-state index is 13.6. The molecule has 1 saturated carbocycles. The van der Waals surface area contributed by atoms with Gasteiger partial charge in [-0.3, -0.25) is 0 Å². The van der Waals surface area contributed by atoms with Crippen LogP contribution in [0.15, 0.2) is 6.07 Å². The number of nitrogens with zero attached hydrogens (tertiary/aromatic N) is 1. The third kappa shape index (κ3) is 2.02. The molecule has 0 bridgehead atoms. The average molecular weight is 234 g/mol. The van der Waals surface area contributed by atoms with Crippen molar-refractivity contribution in [2.24, 2.45) is 5.73 Å². The molecule has 1 fully saturated rings. The normalized spacial score (nSPS) is 16.6. The van der Waals surface area contributed by atoms with E-state index < -0.39 is 17.7 Å². The van der Waals surface area contributed by atoms with E-state index in [1.54, 1.807) is 0 Å². The first-order chi connectivity index (χ1) is 7.43. The van der Waals surface area contributed by atoms with Crippen LogP contribution in [0.5, 0.6) is 0 Å². The standard InChI is InChI=1S/C10H10F4N2/c11-8-6(4-15)3-7(10(12,13)14)16-9(8)5-1-2-5/h3,5H,1-2,4,15H2. The lowest BCUT2D eigenvalue weighted by Gasteiger charge is -2.11. The second-order valence-electron chi connectivity index (χ2n) is 3.84. The molecule has 88 valence electrons. The van der Waals surface area contributed by atoms with Crippen molar-refractivity contribution in [3.63, 3.8) is 0 Å². The molecule has 0 radical (unpaired) electrons. The van der Waals surface area contributed by atoms with Crippen molar-refractivity contribution in [1.29, 1.82) is 0 Å². The van der Waals surface area contributed by atoms with Crippen molar-refractivity contribution >= 4 is 0 Å². The van der Waals surface area contributed by atoms with Gasteiger partial charge in [0.1, 0.15) is 11.5 Å². The van der Waals surface area contributed by atoms with Gasteiger partial charge in [0.2, 0.25) is 0 Å². The number of halogens is 4. The Labute approximate surface area is 89.5 Å². The molecule has 2 N–H and O–H groups in total. The summed E-state index contributed by atoms with van der Waals surface area (Å²) in [6.45, 7) is -0.253. The van der Waals surface area contributed by atoms with Crippen molar-refractivity contribution < 1.29 is 17.6 Å². The highest BCUT2D eigenvalue weighted by Crippen LogP contribution is 2.42. The SMILES string of the molecule is NCc1cc(C(F)(F)F)nc(C2CC2)c1F. The molecule has 0 atom stereocenters. The van der Waals surface area contributed by atoms with Crippen LogP contribution in [-0.2, 0) is 12.7 Å². The van der Waals surface area contributed by atoms with Gasteiger partial charge in [-0.25, -0.2) is 9.37 Å². The molecule has 1 heterocycles. The minimum absolute atomic E-state index is 0.0877. The number of pyridine rings is 1. The number of hydrogen-bond acceptors (Lipinski definition) is 2.